The molecule has 0 aliphatic heterocycles. The number of aryl methyl sites for hydroxylation is 1. The van der Waals surface area contributed by atoms with E-state index >= 15 is 0 Å². The van der Waals surface area contributed by atoms with E-state index in [1.54, 1.807) is 24.8 Å². The Bertz CT molecular complexity index is 1130. The third-order valence-electron chi connectivity index (χ3n) is 4.71. The summed E-state index contributed by atoms with van der Waals surface area (Å²) in [6.07, 6.45) is 0. The SMILES string of the molecule is COC[C@@H](C)NC(=O)c1cc2c(=O)n(C)c(=O)n(C)c2n1Cc1ccccc1. The van der Waals surface area contributed by atoms with Crippen LogP contribution in [0.3, 0.4) is 0 Å². The minimum atomic E-state index is -0.440. The fraction of sp³-hybridized carbons (Fsp3) is 0.350. The third kappa shape index (κ3) is 3.50. The largest absolute Gasteiger partial charge is 0.383 e. The van der Waals surface area contributed by atoms with Crippen LogP contribution in [0, 0.1) is 0 Å². The van der Waals surface area contributed by atoms with Crippen LogP contribution in [0.25, 0.3) is 11.0 Å². The maximum atomic E-state index is 12.9. The van der Waals surface area contributed by atoms with E-state index in [1.807, 2.05) is 37.3 Å². The highest BCUT2D eigenvalue weighted by molar-refractivity contribution is 5.98. The number of amides is 1. The van der Waals surface area contributed by atoms with E-state index in [4.69, 9.17) is 4.74 Å². The van der Waals surface area contributed by atoms with Gasteiger partial charge in [-0.1, -0.05) is 30.3 Å². The number of methoxy groups -OCH3 is 1. The number of rotatable bonds is 6. The summed E-state index contributed by atoms with van der Waals surface area (Å²) in [6.45, 7) is 2.55. The van der Waals surface area contributed by atoms with Gasteiger partial charge in [-0.15, -0.1) is 0 Å². The van der Waals surface area contributed by atoms with Crippen molar-refractivity contribution in [3.05, 3.63) is 68.5 Å². The Kier molecular flexibility index (Phi) is 5.51. The van der Waals surface area contributed by atoms with Crippen molar-refractivity contribution < 1.29 is 9.53 Å². The maximum absolute atomic E-state index is 12.9. The van der Waals surface area contributed by atoms with Crippen LogP contribution >= 0.6 is 0 Å². The number of fused-ring (bicyclic) bond motifs is 1. The first-order valence-electron chi connectivity index (χ1n) is 8.98. The molecule has 0 spiro atoms. The number of hydrogen-bond donors (Lipinski definition) is 1. The van der Waals surface area contributed by atoms with Gasteiger partial charge in [0.15, 0.2) is 0 Å². The summed E-state index contributed by atoms with van der Waals surface area (Å²) in [5.41, 5.74) is 0.822. The zero-order chi connectivity index (χ0) is 20.4. The van der Waals surface area contributed by atoms with E-state index in [2.05, 4.69) is 5.32 Å². The van der Waals surface area contributed by atoms with Crippen molar-refractivity contribution in [3.8, 4) is 0 Å². The molecule has 8 heteroatoms. The fourth-order valence-electron chi connectivity index (χ4n) is 3.34. The molecular weight excluding hydrogens is 360 g/mol. The second-order valence-electron chi connectivity index (χ2n) is 6.87. The van der Waals surface area contributed by atoms with Crippen molar-refractivity contribution in [3.63, 3.8) is 0 Å². The molecule has 3 aromatic rings. The number of nitrogens with zero attached hydrogens (tertiary/aromatic N) is 3. The monoisotopic (exact) mass is 384 g/mol. The van der Waals surface area contributed by atoms with Crippen LogP contribution in [0.4, 0.5) is 0 Å². The normalized spacial score (nSPS) is 12.3. The number of ether oxygens (including phenoxy) is 1. The zero-order valence-corrected chi connectivity index (χ0v) is 16.4. The quantitative estimate of drug-likeness (QED) is 0.683. The number of nitrogens with one attached hydrogen (secondary N) is 1. The van der Waals surface area contributed by atoms with Gasteiger partial charge in [-0.25, -0.2) is 4.79 Å². The number of hydrogen-bond acceptors (Lipinski definition) is 4. The molecule has 2 aromatic heterocycles. The van der Waals surface area contributed by atoms with Crippen LogP contribution in [0.5, 0.6) is 0 Å². The second kappa shape index (κ2) is 7.85. The molecule has 0 aliphatic rings. The smallest absolute Gasteiger partial charge is 0.332 e. The van der Waals surface area contributed by atoms with Gasteiger partial charge in [0.05, 0.1) is 12.0 Å². The molecule has 1 amide bonds. The first-order chi connectivity index (χ1) is 13.3. The second-order valence-corrected chi connectivity index (χ2v) is 6.87. The lowest BCUT2D eigenvalue weighted by Crippen LogP contribution is -2.38. The van der Waals surface area contributed by atoms with Gasteiger partial charge >= 0.3 is 5.69 Å². The van der Waals surface area contributed by atoms with E-state index in [0.717, 1.165) is 10.1 Å². The summed E-state index contributed by atoms with van der Waals surface area (Å²) in [5, 5.41) is 3.20. The molecule has 0 aliphatic carbocycles. The van der Waals surface area contributed by atoms with Gasteiger partial charge in [0, 0.05) is 33.8 Å². The van der Waals surface area contributed by atoms with Crippen molar-refractivity contribution in [1.82, 2.24) is 19.0 Å². The van der Waals surface area contributed by atoms with Crippen molar-refractivity contribution in [2.24, 2.45) is 14.1 Å². The van der Waals surface area contributed by atoms with E-state index in [-0.39, 0.29) is 11.9 Å². The first kappa shape index (κ1) is 19.6. The highest BCUT2D eigenvalue weighted by atomic mass is 16.5. The third-order valence-corrected chi connectivity index (χ3v) is 4.71. The number of aromatic nitrogens is 3. The van der Waals surface area contributed by atoms with Gasteiger partial charge in [-0.05, 0) is 18.6 Å². The Morgan fingerprint density at radius 1 is 1.14 bits per heavy atom. The van der Waals surface area contributed by atoms with Crippen LogP contribution in [-0.2, 0) is 25.4 Å². The Labute approximate surface area is 162 Å². The van der Waals surface area contributed by atoms with E-state index < -0.39 is 11.2 Å². The molecule has 0 fully saturated rings. The number of carbonyl (C=O) groups excluding carboxylic acids is 1. The topological polar surface area (TPSA) is 87.3 Å². The molecular formula is C20H24N4O4. The van der Waals surface area contributed by atoms with Crippen molar-refractivity contribution >= 4 is 16.9 Å². The minimum absolute atomic E-state index is 0.202. The van der Waals surface area contributed by atoms with Crippen LogP contribution in [0.15, 0.2) is 46.0 Å². The molecule has 0 unspecified atom stereocenters. The summed E-state index contributed by atoms with van der Waals surface area (Å²) in [7, 11) is 4.59. The molecule has 0 bridgehead atoms. The summed E-state index contributed by atoms with van der Waals surface area (Å²) >= 11 is 0. The lowest BCUT2D eigenvalue weighted by molar-refractivity contribution is 0.0897. The van der Waals surface area contributed by atoms with Gasteiger partial charge in [0.25, 0.3) is 11.5 Å². The average molecular weight is 384 g/mol. The molecule has 1 N–H and O–H groups in total. The van der Waals surface area contributed by atoms with Crippen molar-refractivity contribution in [2.75, 3.05) is 13.7 Å². The predicted octanol–water partition coefficient (Wildman–Crippen LogP) is 0.852. The lowest BCUT2D eigenvalue weighted by atomic mass is 10.2. The Balaban J connectivity index is 2.22. The maximum Gasteiger partial charge on any atom is 0.332 e. The van der Waals surface area contributed by atoms with Gasteiger partial charge < -0.3 is 14.6 Å². The average Bonchev–Trinajstić information content (AvgIpc) is 3.05. The van der Waals surface area contributed by atoms with Crippen LogP contribution < -0.4 is 16.6 Å². The molecule has 8 nitrogen and oxygen atoms in total. The minimum Gasteiger partial charge on any atom is -0.383 e. The Morgan fingerprint density at radius 2 is 1.82 bits per heavy atom. The molecule has 28 heavy (non-hydrogen) atoms. The molecule has 3 rings (SSSR count). The van der Waals surface area contributed by atoms with E-state index in [1.165, 1.54) is 11.6 Å². The molecule has 2 heterocycles. The lowest BCUT2D eigenvalue weighted by Gasteiger charge is -2.16. The van der Waals surface area contributed by atoms with Crippen molar-refractivity contribution in [1.29, 1.82) is 0 Å². The summed E-state index contributed by atoms with van der Waals surface area (Å²) in [6, 6.07) is 10.9. The van der Waals surface area contributed by atoms with Gasteiger partial charge in [-0.3, -0.25) is 18.7 Å². The Morgan fingerprint density at radius 3 is 2.46 bits per heavy atom. The predicted molar refractivity (Wildman–Crippen MR) is 107 cm³/mol. The number of carbonyl (C=O) groups is 1. The molecule has 0 radical (unpaired) electrons. The first-order valence-corrected chi connectivity index (χ1v) is 8.98. The van der Waals surface area contributed by atoms with Crippen LogP contribution in [-0.4, -0.2) is 39.4 Å². The number of benzene rings is 1. The molecule has 1 atom stereocenters. The zero-order valence-electron chi connectivity index (χ0n) is 16.4. The summed E-state index contributed by atoms with van der Waals surface area (Å²) in [4.78, 5) is 38.0. The molecule has 0 saturated heterocycles. The van der Waals surface area contributed by atoms with E-state index in [0.29, 0.717) is 29.9 Å². The van der Waals surface area contributed by atoms with Crippen LogP contribution in [0.1, 0.15) is 23.0 Å². The standard InChI is InChI=1S/C20H24N4O4/c1-13(12-28-4)21-17(25)16-10-15-18(22(2)20(27)23(3)19(15)26)24(16)11-14-8-6-5-7-9-14/h5-10,13H,11-12H2,1-4H3,(H,21,25)/t13-/m1/s1. The molecule has 1 aromatic carbocycles. The van der Waals surface area contributed by atoms with Crippen LogP contribution in [0.2, 0.25) is 0 Å². The van der Waals surface area contributed by atoms with Crippen molar-refractivity contribution in [2.45, 2.75) is 19.5 Å². The van der Waals surface area contributed by atoms with Gasteiger partial charge in [0.2, 0.25) is 0 Å². The van der Waals surface area contributed by atoms with Gasteiger partial charge in [-0.2, -0.15) is 0 Å². The molecule has 0 saturated carbocycles. The highest BCUT2D eigenvalue weighted by Crippen LogP contribution is 2.18. The van der Waals surface area contributed by atoms with E-state index in [9.17, 15) is 14.4 Å². The fourth-order valence-corrected chi connectivity index (χ4v) is 3.34. The molecule has 148 valence electrons. The summed E-state index contributed by atoms with van der Waals surface area (Å²) < 4.78 is 9.23. The highest BCUT2D eigenvalue weighted by Gasteiger charge is 2.22. The Hall–Kier alpha value is -3.13. The van der Waals surface area contributed by atoms with Gasteiger partial charge in [0.1, 0.15) is 11.3 Å². The summed E-state index contributed by atoms with van der Waals surface area (Å²) in [5.74, 6) is -0.328.